The fraction of sp³-hybridized carbons (Fsp3) is 0.250. The smallest absolute Gasteiger partial charge is 0.337 e. The predicted octanol–water partition coefficient (Wildman–Crippen LogP) is 3.29. The standard InChI is InChI=1S/C16H18N2O2/c1-3-18(4-2)15-8-6-5-7-14(15)12-9-13(16(19)20)11-17-10-12/h5-11H,3-4H2,1-2H3,(H,19,20). The van der Waals surface area contributed by atoms with E-state index in [0.717, 1.165) is 29.9 Å². The fourth-order valence-electron chi connectivity index (χ4n) is 2.26. The van der Waals surface area contributed by atoms with E-state index in [9.17, 15) is 4.79 Å². The number of aromatic carboxylic acids is 1. The van der Waals surface area contributed by atoms with Crippen LogP contribution < -0.4 is 4.90 Å². The molecule has 0 fully saturated rings. The predicted molar refractivity (Wildman–Crippen MR) is 80.2 cm³/mol. The average Bonchev–Trinajstić information content (AvgIpc) is 2.49. The topological polar surface area (TPSA) is 53.4 Å². The van der Waals surface area contributed by atoms with Crippen LogP contribution in [0.1, 0.15) is 24.2 Å². The Morgan fingerprint density at radius 3 is 2.55 bits per heavy atom. The molecule has 0 saturated carbocycles. The number of hydrogen-bond acceptors (Lipinski definition) is 3. The third kappa shape index (κ3) is 2.79. The van der Waals surface area contributed by atoms with Crippen LogP contribution in [0.5, 0.6) is 0 Å². The first-order valence-corrected chi connectivity index (χ1v) is 6.70. The number of nitrogens with zero attached hydrogens (tertiary/aromatic N) is 2. The fourth-order valence-corrected chi connectivity index (χ4v) is 2.26. The molecule has 2 aromatic rings. The number of carbonyl (C=O) groups is 1. The number of anilines is 1. The van der Waals surface area contributed by atoms with E-state index in [0.29, 0.717) is 0 Å². The highest BCUT2D eigenvalue weighted by atomic mass is 16.4. The molecule has 4 nitrogen and oxygen atoms in total. The van der Waals surface area contributed by atoms with Crippen molar-refractivity contribution in [2.75, 3.05) is 18.0 Å². The second-order valence-electron chi connectivity index (χ2n) is 4.46. The minimum Gasteiger partial charge on any atom is -0.478 e. The van der Waals surface area contributed by atoms with Gasteiger partial charge in [0.05, 0.1) is 5.56 Å². The maximum atomic E-state index is 11.1. The highest BCUT2D eigenvalue weighted by molar-refractivity contribution is 5.90. The van der Waals surface area contributed by atoms with Gasteiger partial charge in [0.1, 0.15) is 0 Å². The van der Waals surface area contributed by atoms with E-state index < -0.39 is 5.97 Å². The molecule has 2 rings (SSSR count). The molecule has 0 bridgehead atoms. The normalized spacial score (nSPS) is 10.3. The van der Waals surface area contributed by atoms with Gasteiger partial charge in [0, 0.05) is 42.3 Å². The summed E-state index contributed by atoms with van der Waals surface area (Å²) in [7, 11) is 0. The zero-order chi connectivity index (χ0) is 14.5. The number of hydrogen-bond donors (Lipinski definition) is 1. The van der Waals surface area contributed by atoms with Gasteiger partial charge in [-0.1, -0.05) is 18.2 Å². The lowest BCUT2D eigenvalue weighted by Crippen LogP contribution is -2.22. The lowest BCUT2D eigenvalue weighted by molar-refractivity contribution is 0.0696. The van der Waals surface area contributed by atoms with Crippen molar-refractivity contribution in [2.24, 2.45) is 0 Å². The number of rotatable bonds is 5. The maximum absolute atomic E-state index is 11.1. The minimum absolute atomic E-state index is 0.205. The zero-order valence-corrected chi connectivity index (χ0v) is 11.7. The van der Waals surface area contributed by atoms with Crippen molar-refractivity contribution in [3.05, 3.63) is 48.3 Å². The summed E-state index contributed by atoms with van der Waals surface area (Å²) in [5.41, 5.74) is 3.14. The summed E-state index contributed by atoms with van der Waals surface area (Å²) in [5.74, 6) is -0.959. The summed E-state index contributed by atoms with van der Waals surface area (Å²) in [6, 6.07) is 9.66. The van der Waals surface area contributed by atoms with Crippen molar-refractivity contribution in [3.8, 4) is 11.1 Å². The van der Waals surface area contributed by atoms with Gasteiger partial charge in [-0.2, -0.15) is 0 Å². The second-order valence-corrected chi connectivity index (χ2v) is 4.46. The third-order valence-corrected chi connectivity index (χ3v) is 3.30. The highest BCUT2D eigenvalue weighted by Gasteiger charge is 2.11. The molecule has 0 aliphatic heterocycles. The Kier molecular flexibility index (Phi) is 4.35. The largest absolute Gasteiger partial charge is 0.478 e. The van der Waals surface area contributed by atoms with Crippen molar-refractivity contribution in [2.45, 2.75) is 13.8 Å². The summed E-state index contributed by atoms with van der Waals surface area (Å²) in [5, 5.41) is 9.08. The second kappa shape index (κ2) is 6.19. The van der Waals surface area contributed by atoms with E-state index in [1.165, 1.54) is 6.20 Å². The van der Waals surface area contributed by atoms with E-state index in [4.69, 9.17) is 5.11 Å². The molecule has 20 heavy (non-hydrogen) atoms. The van der Waals surface area contributed by atoms with Crippen molar-refractivity contribution in [3.63, 3.8) is 0 Å². The molecule has 0 aliphatic carbocycles. The quantitative estimate of drug-likeness (QED) is 0.905. The van der Waals surface area contributed by atoms with Crippen molar-refractivity contribution < 1.29 is 9.90 Å². The molecular formula is C16H18N2O2. The Morgan fingerprint density at radius 2 is 1.90 bits per heavy atom. The van der Waals surface area contributed by atoms with E-state index in [1.54, 1.807) is 12.3 Å². The van der Waals surface area contributed by atoms with Gasteiger partial charge in [0.25, 0.3) is 0 Å². The Balaban J connectivity index is 2.52. The molecule has 0 atom stereocenters. The first-order chi connectivity index (χ1) is 9.67. The van der Waals surface area contributed by atoms with Gasteiger partial charge in [-0.15, -0.1) is 0 Å². The van der Waals surface area contributed by atoms with Crippen LogP contribution in [0.4, 0.5) is 5.69 Å². The van der Waals surface area contributed by atoms with Gasteiger partial charge in [-0.3, -0.25) is 4.98 Å². The number of para-hydroxylation sites is 1. The van der Waals surface area contributed by atoms with Crippen LogP contribution in [0.25, 0.3) is 11.1 Å². The molecule has 4 heteroatoms. The SMILES string of the molecule is CCN(CC)c1ccccc1-c1cncc(C(=O)O)c1. The summed E-state index contributed by atoms with van der Waals surface area (Å²) >= 11 is 0. The maximum Gasteiger partial charge on any atom is 0.337 e. The molecule has 0 unspecified atom stereocenters. The number of carboxylic acid groups (broad SMARTS) is 1. The average molecular weight is 270 g/mol. The van der Waals surface area contributed by atoms with Crippen LogP contribution in [0, 0.1) is 0 Å². The lowest BCUT2D eigenvalue weighted by atomic mass is 10.0. The van der Waals surface area contributed by atoms with Crippen LogP contribution in [-0.2, 0) is 0 Å². The van der Waals surface area contributed by atoms with Crippen LogP contribution in [-0.4, -0.2) is 29.1 Å². The Morgan fingerprint density at radius 1 is 1.20 bits per heavy atom. The van der Waals surface area contributed by atoms with Gasteiger partial charge in [-0.25, -0.2) is 4.79 Å². The molecule has 1 aromatic heterocycles. The first-order valence-electron chi connectivity index (χ1n) is 6.70. The molecule has 0 saturated heterocycles. The molecule has 1 N–H and O–H groups in total. The van der Waals surface area contributed by atoms with E-state index in [-0.39, 0.29) is 5.56 Å². The van der Waals surface area contributed by atoms with E-state index in [2.05, 4.69) is 29.8 Å². The lowest BCUT2D eigenvalue weighted by Gasteiger charge is -2.24. The minimum atomic E-state index is -0.959. The molecule has 1 heterocycles. The van der Waals surface area contributed by atoms with E-state index in [1.807, 2.05) is 18.2 Å². The van der Waals surface area contributed by atoms with Crippen LogP contribution in [0.2, 0.25) is 0 Å². The Hall–Kier alpha value is -2.36. The number of benzene rings is 1. The molecule has 104 valence electrons. The van der Waals surface area contributed by atoms with Gasteiger partial charge in [-0.05, 0) is 26.0 Å². The zero-order valence-electron chi connectivity index (χ0n) is 11.7. The third-order valence-electron chi connectivity index (χ3n) is 3.30. The molecule has 0 amide bonds. The van der Waals surface area contributed by atoms with Crippen molar-refractivity contribution in [1.82, 2.24) is 4.98 Å². The van der Waals surface area contributed by atoms with Gasteiger partial charge in [0.2, 0.25) is 0 Å². The Labute approximate surface area is 118 Å². The van der Waals surface area contributed by atoms with Crippen LogP contribution in [0.15, 0.2) is 42.7 Å². The van der Waals surface area contributed by atoms with Gasteiger partial charge < -0.3 is 10.0 Å². The number of pyridine rings is 1. The van der Waals surface area contributed by atoms with Crippen LogP contribution in [0.3, 0.4) is 0 Å². The monoisotopic (exact) mass is 270 g/mol. The molecule has 0 aliphatic rings. The summed E-state index contributed by atoms with van der Waals surface area (Å²) < 4.78 is 0. The molecule has 1 aromatic carbocycles. The van der Waals surface area contributed by atoms with Crippen LogP contribution >= 0.6 is 0 Å². The molecule has 0 radical (unpaired) electrons. The van der Waals surface area contributed by atoms with Gasteiger partial charge in [0.15, 0.2) is 0 Å². The molecule has 0 spiro atoms. The number of aromatic nitrogens is 1. The Bertz CT molecular complexity index is 607. The summed E-state index contributed by atoms with van der Waals surface area (Å²) in [6.07, 6.45) is 3.07. The number of carboxylic acids is 1. The van der Waals surface area contributed by atoms with E-state index >= 15 is 0 Å². The molecular weight excluding hydrogens is 252 g/mol. The summed E-state index contributed by atoms with van der Waals surface area (Å²) in [4.78, 5) is 17.3. The highest BCUT2D eigenvalue weighted by Crippen LogP contribution is 2.30. The van der Waals surface area contributed by atoms with Crippen molar-refractivity contribution >= 4 is 11.7 Å². The van der Waals surface area contributed by atoms with Crippen molar-refractivity contribution in [1.29, 1.82) is 0 Å². The first kappa shape index (κ1) is 14.1. The summed E-state index contributed by atoms with van der Waals surface area (Å²) in [6.45, 7) is 6.01. The van der Waals surface area contributed by atoms with Gasteiger partial charge >= 0.3 is 5.97 Å².